The number of benzene rings is 1. The van der Waals surface area contributed by atoms with Gasteiger partial charge in [0, 0.05) is 44.9 Å². The molecule has 5 nitrogen and oxygen atoms in total. The van der Waals surface area contributed by atoms with Crippen molar-refractivity contribution in [3.8, 4) is 5.75 Å². The molecule has 1 aliphatic rings. The van der Waals surface area contributed by atoms with Gasteiger partial charge in [-0.2, -0.15) is 0 Å². The monoisotopic (exact) mass is 293 g/mol. The molecule has 1 unspecified atom stereocenters. The summed E-state index contributed by atoms with van der Waals surface area (Å²) < 4.78 is 10.6. The van der Waals surface area contributed by atoms with E-state index >= 15 is 0 Å². The molecule has 0 bridgehead atoms. The third-order valence-corrected chi connectivity index (χ3v) is 3.98. The van der Waals surface area contributed by atoms with Gasteiger partial charge in [0.05, 0.1) is 13.7 Å². The first-order valence-corrected chi connectivity index (χ1v) is 7.49. The Morgan fingerprint density at radius 1 is 1.19 bits per heavy atom. The van der Waals surface area contributed by atoms with E-state index in [4.69, 9.17) is 9.47 Å². The van der Waals surface area contributed by atoms with Gasteiger partial charge in [-0.25, -0.2) is 10.4 Å². The van der Waals surface area contributed by atoms with E-state index in [2.05, 4.69) is 41.4 Å². The number of nitrogens with zero attached hydrogens (tertiary/aromatic N) is 2. The highest BCUT2D eigenvalue weighted by Crippen LogP contribution is 2.24. The maximum atomic E-state index is 5.38. The Hall–Kier alpha value is -1.14. The molecule has 1 atom stereocenters. The predicted octanol–water partition coefficient (Wildman–Crippen LogP) is 1.65. The van der Waals surface area contributed by atoms with Gasteiger partial charge in [-0.1, -0.05) is 6.07 Å². The predicted molar refractivity (Wildman–Crippen MR) is 84.3 cm³/mol. The van der Waals surface area contributed by atoms with Crippen LogP contribution in [0.25, 0.3) is 0 Å². The minimum Gasteiger partial charge on any atom is -0.496 e. The summed E-state index contributed by atoms with van der Waals surface area (Å²) in [7, 11) is 5.57. The van der Waals surface area contributed by atoms with Crippen molar-refractivity contribution in [2.45, 2.75) is 19.6 Å². The fourth-order valence-electron chi connectivity index (χ4n) is 2.62. The number of hydrogen-bond acceptors (Lipinski definition) is 5. The lowest BCUT2D eigenvalue weighted by Gasteiger charge is -2.34. The lowest BCUT2D eigenvalue weighted by atomic mass is 10.0. The number of ether oxygens (including phenoxy) is 2. The average Bonchev–Trinajstić information content (AvgIpc) is 2.50. The average molecular weight is 293 g/mol. The Bertz CT molecular complexity index is 445. The molecular weight excluding hydrogens is 266 g/mol. The molecule has 1 heterocycles. The van der Waals surface area contributed by atoms with Crippen LogP contribution in [0, 0.1) is 0 Å². The van der Waals surface area contributed by atoms with E-state index in [1.54, 1.807) is 14.2 Å². The van der Waals surface area contributed by atoms with Gasteiger partial charge >= 0.3 is 0 Å². The number of hydrogen-bond donors (Lipinski definition) is 1. The van der Waals surface area contributed by atoms with E-state index < -0.39 is 0 Å². The summed E-state index contributed by atoms with van der Waals surface area (Å²) in [4.78, 5) is 2.35. The quantitative estimate of drug-likeness (QED) is 0.863. The first-order chi connectivity index (χ1) is 10.1. The van der Waals surface area contributed by atoms with Crippen molar-refractivity contribution in [3.05, 3.63) is 29.3 Å². The Morgan fingerprint density at radius 2 is 1.90 bits per heavy atom. The molecule has 5 heteroatoms. The third-order valence-electron chi connectivity index (χ3n) is 3.98. The zero-order valence-electron chi connectivity index (χ0n) is 13.6. The summed E-state index contributed by atoms with van der Waals surface area (Å²) in [6, 6.07) is 6.57. The van der Waals surface area contributed by atoms with Gasteiger partial charge in [0.2, 0.25) is 0 Å². The number of methoxy groups -OCH3 is 2. The largest absolute Gasteiger partial charge is 0.496 e. The van der Waals surface area contributed by atoms with Crippen LogP contribution in [-0.4, -0.2) is 57.4 Å². The van der Waals surface area contributed by atoms with Crippen molar-refractivity contribution in [1.29, 1.82) is 0 Å². The van der Waals surface area contributed by atoms with Crippen LogP contribution in [0.15, 0.2) is 18.2 Å². The number of hydrazine groups is 1. The van der Waals surface area contributed by atoms with Crippen LogP contribution in [0.3, 0.4) is 0 Å². The van der Waals surface area contributed by atoms with Crippen LogP contribution in [0.5, 0.6) is 5.75 Å². The molecule has 1 aromatic carbocycles. The van der Waals surface area contributed by atoms with Crippen LogP contribution < -0.4 is 10.2 Å². The summed E-state index contributed by atoms with van der Waals surface area (Å²) in [6.45, 7) is 7.09. The molecule has 118 valence electrons. The molecule has 0 spiro atoms. The SMILES string of the molecule is COCc1cc(C(C)NN2CCN(C)CC2)ccc1OC. The first-order valence-electron chi connectivity index (χ1n) is 7.49. The van der Waals surface area contributed by atoms with Crippen LogP contribution in [0.1, 0.15) is 24.1 Å². The highest BCUT2D eigenvalue weighted by molar-refractivity contribution is 5.38. The maximum Gasteiger partial charge on any atom is 0.124 e. The molecule has 0 aromatic heterocycles. The fraction of sp³-hybridized carbons (Fsp3) is 0.625. The van der Waals surface area contributed by atoms with Crippen LogP contribution in [0.4, 0.5) is 0 Å². The van der Waals surface area contributed by atoms with Crippen molar-refractivity contribution in [1.82, 2.24) is 15.3 Å². The van der Waals surface area contributed by atoms with Crippen molar-refractivity contribution < 1.29 is 9.47 Å². The van der Waals surface area contributed by atoms with Gasteiger partial charge < -0.3 is 14.4 Å². The Kier molecular flexibility index (Phi) is 5.99. The summed E-state index contributed by atoms with van der Waals surface area (Å²) in [5.41, 5.74) is 5.93. The summed E-state index contributed by atoms with van der Waals surface area (Å²) in [5.74, 6) is 0.882. The molecule has 1 saturated heterocycles. The second-order valence-corrected chi connectivity index (χ2v) is 5.65. The Labute approximate surface area is 127 Å². The van der Waals surface area contributed by atoms with Gasteiger partial charge in [-0.3, -0.25) is 0 Å². The number of piperazine rings is 1. The molecule has 0 aliphatic carbocycles. The van der Waals surface area contributed by atoms with E-state index in [1.165, 1.54) is 5.56 Å². The molecule has 0 radical (unpaired) electrons. The van der Waals surface area contributed by atoms with Gasteiger partial charge in [0.25, 0.3) is 0 Å². The zero-order valence-corrected chi connectivity index (χ0v) is 13.6. The van der Waals surface area contributed by atoms with Crippen molar-refractivity contribution in [3.63, 3.8) is 0 Å². The molecular formula is C16H27N3O2. The minimum absolute atomic E-state index is 0.273. The number of rotatable bonds is 6. The molecule has 0 saturated carbocycles. The molecule has 2 rings (SSSR count). The van der Waals surface area contributed by atoms with Gasteiger partial charge in [-0.15, -0.1) is 0 Å². The van der Waals surface area contributed by atoms with Crippen LogP contribution >= 0.6 is 0 Å². The smallest absolute Gasteiger partial charge is 0.124 e. The standard InChI is InChI=1S/C16H27N3O2/c1-13(17-19-9-7-18(2)8-10-19)14-5-6-16(21-4)15(11-14)12-20-3/h5-6,11,13,17H,7-10,12H2,1-4H3. The zero-order chi connectivity index (χ0) is 15.2. The fourth-order valence-corrected chi connectivity index (χ4v) is 2.62. The van der Waals surface area contributed by atoms with Gasteiger partial charge in [-0.05, 0) is 31.7 Å². The summed E-state index contributed by atoms with van der Waals surface area (Å²) in [6.07, 6.45) is 0. The first kappa shape index (κ1) is 16.2. The molecule has 1 aliphatic heterocycles. The van der Waals surface area contributed by atoms with E-state index in [9.17, 15) is 0 Å². The van der Waals surface area contributed by atoms with E-state index in [1.807, 2.05) is 6.07 Å². The maximum absolute atomic E-state index is 5.38. The minimum atomic E-state index is 0.273. The van der Waals surface area contributed by atoms with Crippen molar-refractivity contribution in [2.75, 3.05) is 47.4 Å². The van der Waals surface area contributed by atoms with Crippen molar-refractivity contribution >= 4 is 0 Å². The number of nitrogens with one attached hydrogen (secondary N) is 1. The topological polar surface area (TPSA) is 37.0 Å². The molecule has 1 fully saturated rings. The second-order valence-electron chi connectivity index (χ2n) is 5.65. The van der Waals surface area contributed by atoms with E-state index in [0.29, 0.717) is 6.61 Å². The van der Waals surface area contributed by atoms with E-state index in [0.717, 1.165) is 37.5 Å². The molecule has 0 amide bonds. The number of likely N-dealkylation sites (N-methyl/N-ethyl adjacent to an activating group) is 1. The summed E-state index contributed by atoms with van der Waals surface area (Å²) >= 11 is 0. The Balaban J connectivity index is 2.01. The van der Waals surface area contributed by atoms with Gasteiger partial charge in [0.1, 0.15) is 5.75 Å². The highest BCUT2D eigenvalue weighted by atomic mass is 16.5. The third kappa shape index (κ3) is 4.41. The normalized spacial score (nSPS) is 18.7. The second kappa shape index (κ2) is 7.75. The lowest BCUT2D eigenvalue weighted by Crippen LogP contribution is -2.51. The molecule has 21 heavy (non-hydrogen) atoms. The summed E-state index contributed by atoms with van der Waals surface area (Å²) in [5, 5.41) is 2.31. The molecule has 1 N–H and O–H groups in total. The highest BCUT2D eigenvalue weighted by Gasteiger charge is 2.17. The van der Waals surface area contributed by atoms with Crippen LogP contribution in [-0.2, 0) is 11.3 Å². The Morgan fingerprint density at radius 3 is 2.52 bits per heavy atom. The lowest BCUT2D eigenvalue weighted by molar-refractivity contribution is 0.0898. The van der Waals surface area contributed by atoms with Gasteiger partial charge in [0.15, 0.2) is 0 Å². The van der Waals surface area contributed by atoms with Crippen molar-refractivity contribution in [2.24, 2.45) is 0 Å². The van der Waals surface area contributed by atoms with Crippen LogP contribution in [0.2, 0.25) is 0 Å². The van der Waals surface area contributed by atoms with E-state index in [-0.39, 0.29) is 6.04 Å². The molecule has 1 aromatic rings.